The molecule has 1 fully saturated rings. The van der Waals surface area contributed by atoms with E-state index in [1.807, 2.05) is 23.0 Å². The molecule has 3 heterocycles. The van der Waals surface area contributed by atoms with Crippen molar-refractivity contribution in [2.24, 2.45) is 5.73 Å². The highest BCUT2D eigenvalue weighted by atomic mass is 15.2. The van der Waals surface area contributed by atoms with Crippen molar-refractivity contribution in [3.05, 3.63) is 24.3 Å². The maximum absolute atomic E-state index is 5.96. The van der Waals surface area contributed by atoms with E-state index in [9.17, 15) is 0 Å². The molecule has 17 heavy (non-hydrogen) atoms. The highest BCUT2D eigenvalue weighted by Crippen LogP contribution is 2.22. The van der Waals surface area contributed by atoms with Crippen LogP contribution >= 0.6 is 0 Å². The van der Waals surface area contributed by atoms with E-state index in [4.69, 9.17) is 10.7 Å². The number of nitrogens with zero attached hydrogens (tertiary/aromatic N) is 4. The minimum atomic E-state index is 0.261. The third-order valence-corrected chi connectivity index (χ3v) is 3.29. The van der Waals surface area contributed by atoms with Gasteiger partial charge < -0.3 is 15.0 Å². The van der Waals surface area contributed by atoms with Crippen LogP contribution in [0.5, 0.6) is 0 Å². The minimum Gasteiger partial charge on any atom is -0.352 e. The molecule has 0 aliphatic carbocycles. The number of imidazole rings is 1. The maximum Gasteiger partial charge on any atom is 0.180 e. The van der Waals surface area contributed by atoms with E-state index in [0.717, 1.165) is 43.1 Å². The van der Waals surface area contributed by atoms with Gasteiger partial charge in [0.05, 0.1) is 5.69 Å². The Balaban J connectivity index is 2.10. The number of anilines is 1. The van der Waals surface area contributed by atoms with Crippen LogP contribution in [0.2, 0.25) is 0 Å². The summed E-state index contributed by atoms with van der Waals surface area (Å²) in [5, 5.41) is 0. The molecule has 0 spiro atoms. The Morgan fingerprint density at radius 1 is 1.53 bits per heavy atom. The van der Waals surface area contributed by atoms with Gasteiger partial charge in [0.2, 0.25) is 0 Å². The van der Waals surface area contributed by atoms with Gasteiger partial charge in [-0.15, -0.1) is 0 Å². The predicted molar refractivity (Wildman–Crippen MR) is 67.2 cm³/mol. The second-order valence-electron chi connectivity index (χ2n) is 4.56. The Morgan fingerprint density at radius 2 is 2.41 bits per heavy atom. The van der Waals surface area contributed by atoms with Crippen molar-refractivity contribution >= 4 is 11.5 Å². The van der Waals surface area contributed by atoms with Crippen LogP contribution in [0, 0.1) is 0 Å². The number of nitrogens with two attached hydrogens (primary N) is 1. The number of rotatable bonds is 2. The lowest BCUT2D eigenvalue weighted by Crippen LogP contribution is -2.27. The topological polar surface area (TPSA) is 59.5 Å². The van der Waals surface area contributed by atoms with Gasteiger partial charge >= 0.3 is 0 Å². The normalized spacial score (nSPS) is 20.4. The quantitative estimate of drug-likeness (QED) is 0.831. The van der Waals surface area contributed by atoms with E-state index >= 15 is 0 Å². The van der Waals surface area contributed by atoms with Gasteiger partial charge in [-0.3, -0.25) is 0 Å². The first kappa shape index (κ1) is 10.5. The molecule has 2 aromatic rings. The van der Waals surface area contributed by atoms with Crippen molar-refractivity contribution in [2.75, 3.05) is 18.0 Å². The Morgan fingerprint density at radius 3 is 3.12 bits per heavy atom. The smallest absolute Gasteiger partial charge is 0.180 e. The van der Waals surface area contributed by atoms with Gasteiger partial charge in [0, 0.05) is 37.7 Å². The summed E-state index contributed by atoms with van der Waals surface area (Å²) in [6, 6.07) is 0.261. The number of hydrogen-bond acceptors (Lipinski definition) is 4. The van der Waals surface area contributed by atoms with E-state index in [1.54, 1.807) is 0 Å². The standard InChI is InChI=1S/C12H17N5/c1-2-10-8-17-6-4-14-11(17)12(15-10)16-5-3-9(13)7-16/h4,6,8-9H,2-3,5,7,13H2,1H3/t9-/m0/s1. The van der Waals surface area contributed by atoms with Gasteiger partial charge in [-0.2, -0.15) is 0 Å². The van der Waals surface area contributed by atoms with Crippen molar-refractivity contribution in [3.63, 3.8) is 0 Å². The molecule has 1 aliphatic rings. The van der Waals surface area contributed by atoms with Gasteiger partial charge in [0.25, 0.3) is 0 Å². The third kappa shape index (κ3) is 1.76. The van der Waals surface area contributed by atoms with Crippen molar-refractivity contribution in [3.8, 4) is 0 Å². The first-order valence-corrected chi connectivity index (χ1v) is 6.11. The summed E-state index contributed by atoms with van der Waals surface area (Å²) in [4.78, 5) is 11.3. The molecule has 3 rings (SSSR count). The third-order valence-electron chi connectivity index (χ3n) is 3.29. The molecule has 90 valence electrons. The SMILES string of the molecule is CCc1cn2ccnc2c(N2CC[C@H](N)C2)n1. The van der Waals surface area contributed by atoms with E-state index in [2.05, 4.69) is 16.8 Å². The monoisotopic (exact) mass is 231 g/mol. The highest BCUT2D eigenvalue weighted by Gasteiger charge is 2.23. The lowest BCUT2D eigenvalue weighted by molar-refractivity contribution is 0.751. The van der Waals surface area contributed by atoms with E-state index in [1.165, 1.54) is 0 Å². The number of hydrogen-bond donors (Lipinski definition) is 1. The second-order valence-corrected chi connectivity index (χ2v) is 4.56. The molecule has 0 radical (unpaired) electrons. The Labute approximate surface area is 100 Å². The lowest BCUT2D eigenvalue weighted by atomic mass is 10.3. The minimum absolute atomic E-state index is 0.261. The summed E-state index contributed by atoms with van der Waals surface area (Å²) in [6.07, 6.45) is 7.79. The van der Waals surface area contributed by atoms with Gasteiger partial charge in [-0.05, 0) is 12.8 Å². The average Bonchev–Trinajstić information content (AvgIpc) is 2.95. The van der Waals surface area contributed by atoms with Crippen LogP contribution in [0.15, 0.2) is 18.6 Å². The second kappa shape index (κ2) is 4.00. The zero-order chi connectivity index (χ0) is 11.8. The first-order chi connectivity index (χ1) is 8.28. The lowest BCUT2D eigenvalue weighted by Gasteiger charge is -2.18. The van der Waals surface area contributed by atoms with Crippen molar-refractivity contribution in [1.29, 1.82) is 0 Å². The fraction of sp³-hybridized carbons (Fsp3) is 0.500. The van der Waals surface area contributed by atoms with Gasteiger partial charge in [0.1, 0.15) is 0 Å². The summed E-state index contributed by atoms with van der Waals surface area (Å²) in [5.41, 5.74) is 7.97. The van der Waals surface area contributed by atoms with Crippen LogP contribution in [-0.4, -0.2) is 33.5 Å². The number of fused-ring (bicyclic) bond motifs is 1. The maximum atomic E-state index is 5.96. The molecule has 5 nitrogen and oxygen atoms in total. The van der Waals surface area contributed by atoms with Crippen molar-refractivity contribution < 1.29 is 0 Å². The van der Waals surface area contributed by atoms with Crippen LogP contribution in [0.4, 0.5) is 5.82 Å². The molecule has 1 aliphatic heterocycles. The Bertz CT molecular complexity index is 533. The summed E-state index contributed by atoms with van der Waals surface area (Å²) < 4.78 is 2.05. The molecule has 2 aromatic heterocycles. The Hall–Kier alpha value is -1.62. The molecule has 0 bridgehead atoms. The largest absolute Gasteiger partial charge is 0.352 e. The van der Waals surface area contributed by atoms with Crippen LogP contribution in [0.1, 0.15) is 19.0 Å². The average molecular weight is 231 g/mol. The highest BCUT2D eigenvalue weighted by molar-refractivity contribution is 5.65. The molecule has 0 amide bonds. The number of aromatic nitrogens is 3. The Kier molecular flexibility index (Phi) is 2.48. The predicted octanol–water partition coefficient (Wildman–Crippen LogP) is 0.829. The van der Waals surface area contributed by atoms with Crippen molar-refractivity contribution in [2.45, 2.75) is 25.8 Å². The fourth-order valence-electron chi connectivity index (χ4n) is 2.33. The molecular weight excluding hydrogens is 214 g/mol. The van der Waals surface area contributed by atoms with E-state index in [-0.39, 0.29) is 6.04 Å². The fourth-order valence-corrected chi connectivity index (χ4v) is 2.33. The molecule has 0 saturated carbocycles. The summed E-state index contributed by atoms with van der Waals surface area (Å²) in [6.45, 7) is 3.97. The zero-order valence-electron chi connectivity index (χ0n) is 10.0. The molecule has 5 heteroatoms. The number of aryl methyl sites for hydroxylation is 1. The van der Waals surface area contributed by atoms with Crippen molar-refractivity contribution in [1.82, 2.24) is 14.4 Å². The van der Waals surface area contributed by atoms with Crippen LogP contribution in [0.25, 0.3) is 5.65 Å². The van der Waals surface area contributed by atoms with Crippen LogP contribution < -0.4 is 10.6 Å². The molecule has 2 N–H and O–H groups in total. The zero-order valence-corrected chi connectivity index (χ0v) is 10.0. The molecule has 0 aromatic carbocycles. The van der Waals surface area contributed by atoms with Gasteiger partial charge in [-0.1, -0.05) is 6.92 Å². The van der Waals surface area contributed by atoms with Gasteiger partial charge in [-0.25, -0.2) is 9.97 Å². The van der Waals surface area contributed by atoms with Gasteiger partial charge in [0.15, 0.2) is 11.5 Å². The molecular formula is C12H17N5. The van der Waals surface area contributed by atoms with Crippen LogP contribution in [-0.2, 0) is 6.42 Å². The summed E-state index contributed by atoms with van der Waals surface area (Å²) in [5.74, 6) is 0.974. The molecule has 1 atom stereocenters. The van der Waals surface area contributed by atoms with Crippen LogP contribution in [0.3, 0.4) is 0 Å². The first-order valence-electron chi connectivity index (χ1n) is 6.11. The summed E-state index contributed by atoms with van der Waals surface area (Å²) in [7, 11) is 0. The van der Waals surface area contributed by atoms with E-state index < -0.39 is 0 Å². The molecule has 1 saturated heterocycles. The summed E-state index contributed by atoms with van der Waals surface area (Å²) >= 11 is 0. The van der Waals surface area contributed by atoms with E-state index in [0.29, 0.717) is 0 Å². The molecule has 0 unspecified atom stereocenters.